The Balaban J connectivity index is 2.34. The molecule has 0 saturated carbocycles. The topological polar surface area (TPSA) is 37.3 Å². The Morgan fingerprint density at radius 2 is 1.31 bits per heavy atom. The Kier molecular flexibility index (Phi) is 2.77. The molecule has 3 heteroatoms. The van der Waals surface area contributed by atoms with E-state index in [1.54, 1.807) is 24.3 Å². The predicted molar refractivity (Wildman–Crippen MR) is 64.2 cm³/mol. The number of aromatic carboxylic acids is 1. The number of benzene rings is 2. The number of hydrogen-bond donors (Lipinski definition) is 1. The smallest absolute Gasteiger partial charge is 0.335 e. The first-order chi connectivity index (χ1) is 7.66. The molecule has 0 fully saturated rings. The molecule has 0 spiro atoms. The zero-order valence-corrected chi connectivity index (χ0v) is 8.55. The van der Waals surface area contributed by atoms with Crippen molar-refractivity contribution < 1.29 is 9.90 Å². The van der Waals surface area contributed by atoms with Crippen LogP contribution in [0.3, 0.4) is 0 Å². The van der Waals surface area contributed by atoms with Crippen LogP contribution in [0, 0.1) is 0 Å². The minimum Gasteiger partial charge on any atom is -0.478 e. The van der Waals surface area contributed by atoms with Crippen LogP contribution in [0.4, 0.5) is 0 Å². The first kappa shape index (κ1) is 10.5. The van der Waals surface area contributed by atoms with Gasteiger partial charge >= 0.3 is 5.97 Å². The van der Waals surface area contributed by atoms with Crippen LogP contribution in [0.15, 0.2) is 48.5 Å². The molecule has 0 aliphatic heterocycles. The van der Waals surface area contributed by atoms with Gasteiger partial charge < -0.3 is 5.11 Å². The normalized spacial score (nSPS) is 10.0. The van der Waals surface area contributed by atoms with Crippen molar-refractivity contribution in [1.29, 1.82) is 0 Å². The molecule has 16 heavy (non-hydrogen) atoms. The Morgan fingerprint density at radius 1 is 0.875 bits per heavy atom. The second-order valence-corrected chi connectivity index (χ2v) is 3.50. The van der Waals surface area contributed by atoms with Crippen molar-refractivity contribution in [3.8, 4) is 11.1 Å². The lowest BCUT2D eigenvalue weighted by Crippen LogP contribution is -1.99. The van der Waals surface area contributed by atoms with Crippen molar-refractivity contribution in [2.45, 2.75) is 0 Å². The van der Waals surface area contributed by atoms with E-state index in [1.807, 2.05) is 24.3 Å². The lowest BCUT2D eigenvalue weighted by atomic mass is 9.93. The van der Waals surface area contributed by atoms with Crippen molar-refractivity contribution in [3.63, 3.8) is 0 Å². The van der Waals surface area contributed by atoms with E-state index in [9.17, 15) is 4.79 Å². The maximum atomic E-state index is 10.7. The number of carboxylic acids is 1. The third-order valence-corrected chi connectivity index (χ3v) is 2.38. The molecular formula is C13H9BO2. The van der Waals surface area contributed by atoms with E-state index in [-0.39, 0.29) is 0 Å². The molecule has 2 rings (SSSR count). The number of carbonyl (C=O) groups is 1. The molecule has 0 saturated heterocycles. The predicted octanol–water partition coefficient (Wildman–Crippen LogP) is 1.85. The largest absolute Gasteiger partial charge is 0.478 e. The van der Waals surface area contributed by atoms with Gasteiger partial charge in [-0.2, -0.15) is 0 Å². The minimum atomic E-state index is -0.913. The summed E-state index contributed by atoms with van der Waals surface area (Å²) in [5.74, 6) is -0.913. The van der Waals surface area contributed by atoms with Crippen LogP contribution in [0.25, 0.3) is 11.1 Å². The highest BCUT2D eigenvalue weighted by Gasteiger charge is 2.02. The highest BCUT2D eigenvalue weighted by atomic mass is 16.4. The Bertz CT molecular complexity index is 500. The van der Waals surface area contributed by atoms with Gasteiger partial charge in [-0.05, 0) is 23.3 Å². The van der Waals surface area contributed by atoms with Crippen LogP contribution in [0.5, 0.6) is 0 Å². The van der Waals surface area contributed by atoms with Gasteiger partial charge in [0, 0.05) is 0 Å². The van der Waals surface area contributed by atoms with Crippen LogP contribution in [-0.2, 0) is 0 Å². The molecule has 0 aliphatic carbocycles. The van der Waals surface area contributed by atoms with Crippen molar-refractivity contribution in [1.82, 2.24) is 0 Å². The quantitative estimate of drug-likeness (QED) is 0.764. The summed E-state index contributed by atoms with van der Waals surface area (Å²) in [6, 6.07) is 14.2. The zero-order valence-electron chi connectivity index (χ0n) is 8.55. The van der Waals surface area contributed by atoms with E-state index >= 15 is 0 Å². The van der Waals surface area contributed by atoms with Gasteiger partial charge in [-0.15, -0.1) is 0 Å². The maximum absolute atomic E-state index is 10.7. The fraction of sp³-hybridized carbons (Fsp3) is 0. The Labute approximate surface area is 95.0 Å². The summed E-state index contributed by atoms with van der Waals surface area (Å²) >= 11 is 0. The van der Waals surface area contributed by atoms with E-state index in [1.165, 1.54) is 0 Å². The lowest BCUT2D eigenvalue weighted by molar-refractivity contribution is 0.0697. The zero-order chi connectivity index (χ0) is 11.5. The molecule has 0 aromatic heterocycles. The van der Waals surface area contributed by atoms with Gasteiger partial charge in [-0.25, -0.2) is 4.79 Å². The fourth-order valence-corrected chi connectivity index (χ4v) is 1.48. The van der Waals surface area contributed by atoms with E-state index in [0.29, 0.717) is 11.0 Å². The third kappa shape index (κ3) is 2.14. The molecule has 0 aliphatic rings. The number of rotatable bonds is 2. The van der Waals surface area contributed by atoms with Gasteiger partial charge in [0.2, 0.25) is 0 Å². The average molecular weight is 208 g/mol. The molecule has 0 heterocycles. The monoisotopic (exact) mass is 208 g/mol. The summed E-state index contributed by atoms with van der Waals surface area (Å²) in [5.41, 5.74) is 3.00. The van der Waals surface area contributed by atoms with Gasteiger partial charge in [-0.1, -0.05) is 41.9 Å². The molecule has 2 aromatic carbocycles. The molecule has 0 amide bonds. The maximum Gasteiger partial charge on any atom is 0.335 e. The van der Waals surface area contributed by atoms with E-state index in [0.717, 1.165) is 11.1 Å². The first-order valence-electron chi connectivity index (χ1n) is 4.86. The van der Waals surface area contributed by atoms with Gasteiger partial charge in [0.25, 0.3) is 0 Å². The van der Waals surface area contributed by atoms with Crippen molar-refractivity contribution in [2.24, 2.45) is 0 Å². The van der Waals surface area contributed by atoms with Crippen molar-refractivity contribution >= 4 is 19.3 Å². The highest BCUT2D eigenvalue weighted by molar-refractivity contribution is 6.32. The third-order valence-electron chi connectivity index (χ3n) is 2.38. The van der Waals surface area contributed by atoms with Crippen molar-refractivity contribution in [3.05, 3.63) is 54.1 Å². The lowest BCUT2D eigenvalue weighted by Gasteiger charge is -2.02. The summed E-state index contributed by atoms with van der Waals surface area (Å²) in [5, 5.41) is 8.77. The minimum absolute atomic E-state index is 0.291. The summed E-state index contributed by atoms with van der Waals surface area (Å²) in [7, 11) is 5.59. The second-order valence-electron chi connectivity index (χ2n) is 3.50. The second kappa shape index (κ2) is 4.23. The van der Waals surface area contributed by atoms with Crippen LogP contribution < -0.4 is 5.46 Å². The standard InChI is InChI=1S/C13H9BO2/c14-12-7-5-10(6-8-12)9-1-3-11(4-2-9)13(15)16/h1-8H,(H,15,16). The van der Waals surface area contributed by atoms with Gasteiger partial charge in [0.15, 0.2) is 0 Å². The van der Waals surface area contributed by atoms with Crippen LogP contribution >= 0.6 is 0 Å². The van der Waals surface area contributed by atoms with E-state index < -0.39 is 5.97 Å². The van der Waals surface area contributed by atoms with Gasteiger partial charge in [-0.3, -0.25) is 0 Å². The Morgan fingerprint density at radius 3 is 1.75 bits per heavy atom. The summed E-state index contributed by atoms with van der Waals surface area (Å²) in [4.78, 5) is 10.7. The highest BCUT2D eigenvalue weighted by Crippen LogP contribution is 2.18. The van der Waals surface area contributed by atoms with Crippen LogP contribution in [-0.4, -0.2) is 18.9 Å². The molecule has 1 N–H and O–H groups in total. The molecule has 2 aromatic rings. The van der Waals surface area contributed by atoms with Gasteiger partial charge in [0.1, 0.15) is 7.85 Å². The number of hydrogen-bond acceptors (Lipinski definition) is 1. The molecule has 76 valence electrons. The number of carboxylic acid groups (broad SMARTS) is 1. The summed E-state index contributed by atoms with van der Waals surface area (Å²) in [6.45, 7) is 0. The average Bonchev–Trinajstić information content (AvgIpc) is 2.30. The molecule has 2 radical (unpaired) electrons. The molecule has 0 unspecified atom stereocenters. The Hall–Kier alpha value is -2.03. The molecule has 2 nitrogen and oxygen atoms in total. The SMILES string of the molecule is [B]c1ccc(-c2ccc(C(=O)O)cc2)cc1. The molecular weight excluding hydrogens is 199 g/mol. The van der Waals surface area contributed by atoms with E-state index in [4.69, 9.17) is 13.0 Å². The summed E-state index contributed by atoms with van der Waals surface area (Å²) < 4.78 is 0. The van der Waals surface area contributed by atoms with E-state index in [2.05, 4.69) is 0 Å². The van der Waals surface area contributed by atoms with Gasteiger partial charge in [0.05, 0.1) is 5.56 Å². The van der Waals surface area contributed by atoms with Crippen LogP contribution in [0.1, 0.15) is 10.4 Å². The fourth-order valence-electron chi connectivity index (χ4n) is 1.48. The van der Waals surface area contributed by atoms with Crippen molar-refractivity contribution in [2.75, 3.05) is 0 Å². The summed E-state index contributed by atoms with van der Waals surface area (Å²) in [6.07, 6.45) is 0. The molecule has 0 atom stereocenters. The molecule has 0 bridgehead atoms. The van der Waals surface area contributed by atoms with Crippen LogP contribution in [0.2, 0.25) is 0 Å². The first-order valence-corrected chi connectivity index (χ1v) is 4.86.